The van der Waals surface area contributed by atoms with E-state index in [0.717, 1.165) is 12.1 Å². The number of aromatic nitrogens is 2. The highest BCUT2D eigenvalue weighted by Gasteiger charge is 2.34. The lowest BCUT2D eigenvalue weighted by atomic mass is 10.0. The summed E-state index contributed by atoms with van der Waals surface area (Å²) in [7, 11) is 0. The van der Waals surface area contributed by atoms with Crippen molar-refractivity contribution in [2.45, 2.75) is 6.18 Å². The normalized spacial score (nSPS) is 11.6. The van der Waals surface area contributed by atoms with E-state index >= 15 is 0 Å². The van der Waals surface area contributed by atoms with E-state index in [2.05, 4.69) is 5.10 Å². The summed E-state index contributed by atoms with van der Waals surface area (Å²) in [6.45, 7) is 0. The molecule has 0 aliphatic heterocycles. The molecule has 0 aliphatic rings. The summed E-state index contributed by atoms with van der Waals surface area (Å²) in [5.41, 5.74) is -2.38. The van der Waals surface area contributed by atoms with Crippen LogP contribution in [-0.2, 0) is 6.18 Å². The highest BCUT2D eigenvalue weighted by Crippen LogP contribution is 2.33. The van der Waals surface area contributed by atoms with Gasteiger partial charge >= 0.3 is 6.18 Å². The third kappa shape index (κ3) is 2.76. The molecule has 1 aromatic carbocycles. The van der Waals surface area contributed by atoms with Crippen LogP contribution in [0.25, 0.3) is 11.1 Å². The Bertz CT molecular complexity index is 681. The first-order valence-corrected chi connectivity index (χ1v) is 5.29. The summed E-state index contributed by atoms with van der Waals surface area (Å²) in [6, 6.07) is 3.36. The van der Waals surface area contributed by atoms with Crippen LogP contribution in [0.5, 0.6) is 0 Å². The van der Waals surface area contributed by atoms with Gasteiger partial charge in [-0.25, -0.2) is 9.49 Å². The fourth-order valence-electron chi connectivity index (χ4n) is 1.51. The second kappa shape index (κ2) is 4.65. The standard InChI is InChI=1S/C11H5ClF4N2O/c12-9-4-6(10(19)18-17-9)5-1-2-8(13)7(3-5)11(14,15)16/h1-4H,(H,18,19). The summed E-state index contributed by atoms with van der Waals surface area (Å²) < 4.78 is 50.8. The fraction of sp³-hybridized carbons (Fsp3) is 0.0909. The molecule has 0 fully saturated rings. The van der Waals surface area contributed by atoms with Gasteiger partial charge in [0, 0.05) is 0 Å². The second-order valence-corrected chi connectivity index (χ2v) is 4.01. The molecule has 0 spiro atoms. The van der Waals surface area contributed by atoms with Gasteiger partial charge in [-0.05, 0) is 23.8 Å². The lowest BCUT2D eigenvalue weighted by Crippen LogP contribution is -2.12. The maximum atomic E-state index is 13.1. The molecule has 100 valence electrons. The van der Waals surface area contributed by atoms with Gasteiger partial charge in [-0.15, -0.1) is 0 Å². The van der Waals surface area contributed by atoms with E-state index < -0.39 is 23.1 Å². The van der Waals surface area contributed by atoms with Crippen molar-refractivity contribution in [2.75, 3.05) is 0 Å². The van der Waals surface area contributed by atoms with Crippen molar-refractivity contribution >= 4 is 11.6 Å². The molecule has 0 bridgehead atoms. The molecule has 0 atom stereocenters. The average molecular weight is 293 g/mol. The number of benzene rings is 1. The Balaban J connectivity index is 2.65. The molecule has 1 heterocycles. The minimum Gasteiger partial charge on any atom is -0.267 e. The fourth-order valence-corrected chi connectivity index (χ4v) is 1.66. The Morgan fingerprint density at radius 1 is 1.21 bits per heavy atom. The molecule has 0 unspecified atom stereocenters. The van der Waals surface area contributed by atoms with E-state index in [4.69, 9.17) is 11.6 Å². The van der Waals surface area contributed by atoms with Gasteiger partial charge < -0.3 is 0 Å². The highest BCUT2D eigenvalue weighted by atomic mass is 35.5. The summed E-state index contributed by atoms with van der Waals surface area (Å²) in [6.07, 6.45) is -4.84. The molecule has 1 aromatic heterocycles. The molecular formula is C11H5ClF4N2O. The van der Waals surface area contributed by atoms with Gasteiger partial charge in [0.25, 0.3) is 5.56 Å². The summed E-state index contributed by atoms with van der Waals surface area (Å²) in [4.78, 5) is 11.5. The highest BCUT2D eigenvalue weighted by molar-refractivity contribution is 6.29. The number of halogens is 5. The number of H-pyrrole nitrogens is 1. The van der Waals surface area contributed by atoms with Gasteiger partial charge in [0.2, 0.25) is 0 Å². The van der Waals surface area contributed by atoms with Crippen LogP contribution in [0.2, 0.25) is 5.15 Å². The van der Waals surface area contributed by atoms with Crippen LogP contribution in [0.3, 0.4) is 0 Å². The lowest BCUT2D eigenvalue weighted by molar-refractivity contribution is -0.139. The average Bonchev–Trinajstić information content (AvgIpc) is 2.31. The first-order valence-electron chi connectivity index (χ1n) is 4.91. The zero-order valence-electron chi connectivity index (χ0n) is 9.05. The number of nitrogens with one attached hydrogen (secondary N) is 1. The summed E-state index contributed by atoms with van der Waals surface area (Å²) >= 11 is 5.55. The van der Waals surface area contributed by atoms with Crippen molar-refractivity contribution in [1.82, 2.24) is 10.2 Å². The summed E-state index contributed by atoms with van der Waals surface area (Å²) in [5, 5.41) is 5.32. The molecule has 2 rings (SSSR count). The lowest BCUT2D eigenvalue weighted by Gasteiger charge is -2.09. The predicted octanol–water partition coefficient (Wildman–Crippen LogP) is 3.25. The zero-order chi connectivity index (χ0) is 14.2. The largest absolute Gasteiger partial charge is 0.419 e. The van der Waals surface area contributed by atoms with E-state index in [-0.39, 0.29) is 16.3 Å². The third-order valence-electron chi connectivity index (χ3n) is 2.36. The van der Waals surface area contributed by atoms with Gasteiger partial charge in [-0.2, -0.15) is 18.3 Å². The smallest absolute Gasteiger partial charge is 0.267 e. The molecule has 2 aromatic rings. The van der Waals surface area contributed by atoms with Crippen molar-refractivity contribution in [1.29, 1.82) is 0 Å². The number of nitrogens with zero attached hydrogens (tertiary/aromatic N) is 1. The first kappa shape index (κ1) is 13.5. The van der Waals surface area contributed by atoms with Crippen LogP contribution in [0.4, 0.5) is 17.6 Å². The van der Waals surface area contributed by atoms with Crippen molar-refractivity contribution < 1.29 is 17.6 Å². The monoisotopic (exact) mass is 292 g/mol. The molecule has 1 N–H and O–H groups in total. The van der Waals surface area contributed by atoms with Crippen LogP contribution in [-0.4, -0.2) is 10.2 Å². The second-order valence-electron chi connectivity index (χ2n) is 3.63. The Hall–Kier alpha value is -1.89. The van der Waals surface area contributed by atoms with Crippen LogP contribution in [0.1, 0.15) is 5.56 Å². The molecule has 3 nitrogen and oxygen atoms in total. The Morgan fingerprint density at radius 3 is 2.53 bits per heavy atom. The minimum absolute atomic E-state index is 0.0903. The molecule has 0 amide bonds. The third-order valence-corrected chi connectivity index (χ3v) is 2.55. The molecule has 0 saturated carbocycles. The van der Waals surface area contributed by atoms with Crippen molar-refractivity contribution in [2.24, 2.45) is 0 Å². The molecule has 0 aliphatic carbocycles. The Kier molecular flexibility index (Phi) is 3.32. The molecule has 8 heteroatoms. The van der Waals surface area contributed by atoms with Gasteiger partial charge in [-0.3, -0.25) is 4.79 Å². The van der Waals surface area contributed by atoms with Gasteiger partial charge in [0.1, 0.15) is 11.0 Å². The number of hydrogen-bond acceptors (Lipinski definition) is 2. The maximum absolute atomic E-state index is 13.1. The van der Waals surface area contributed by atoms with E-state index in [1.54, 1.807) is 0 Å². The summed E-state index contributed by atoms with van der Waals surface area (Å²) in [5.74, 6) is -1.41. The maximum Gasteiger partial charge on any atom is 0.419 e. The van der Waals surface area contributed by atoms with Crippen molar-refractivity contribution in [3.8, 4) is 11.1 Å². The zero-order valence-corrected chi connectivity index (χ0v) is 9.81. The van der Waals surface area contributed by atoms with E-state index in [0.29, 0.717) is 12.1 Å². The van der Waals surface area contributed by atoms with Crippen molar-refractivity contribution in [3.05, 3.63) is 51.2 Å². The predicted molar refractivity (Wildman–Crippen MR) is 60.3 cm³/mol. The molecule has 19 heavy (non-hydrogen) atoms. The number of alkyl halides is 3. The van der Waals surface area contributed by atoms with Gasteiger partial charge in [-0.1, -0.05) is 17.7 Å². The van der Waals surface area contributed by atoms with Crippen LogP contribution < -0.4 is 5.56 Å². The Labute approximate surface area is 108 Å². The van der Waals surface area contributed by atoms with Crippen LogP contribution in [0.15, 0.2) is 29.1 Å². The molecular weight excluding hydrogens is 288 g/mol. The number of rotatable bonds is 1. The van der Waals surface area contributed by atoms with Crippen molar-refractivity contribution in [3.63, 3.8) is 0 Å². The van der Waals surface area contributed by atoms with E-state index in [1.165, 1.54) is 0 Å². The van der Waals surface area contributed by atoms with E-state index in [1.807, 2.05) is 5.10 Å². The van der Waals surface area contributed by atoms with Crippen LogP contribution in [0, 0.1) is 5.82 Å². The SMILES string of the molecule is O=c1[nH]nc(Cl)cc1-c1ccc(F)c(C(F)(F)F)c1. The quantitative estimate of drug-likeness (QED) is 0.820. The van der Waals surface area contributed by atoms with Crippen LogP contribution >= 0.6 is 11.6 Å². The minimum atomic E-state index is -4.84. The van der Waals surface area contributed by atoms with Gasteiger partial charge in [0.05, 0.1) is 11.1 Å². The molecule has 0 saturated heterocycles. The Morgan fingerprint density at radius 2 is 1.89 bits per heavy atom. The van der Waals surface area contributed by atoms with Gasteiger partial charge in [0.15, 0.2) is 0 Å². The molecule has 0 radical (unpaired) electrons. The number of hydrogen-bond donors (Lipinski definition) is 1. The first-order chi connectivity index (χ1) is 8.79. The number of aromatic amines is 1. The topological polar surface area (TPSA) is 45.8 Å². The van der Waals surface area contributed by atoms with E-state index in [9.17, 15) is 22.4 Å².